The molecule has 0 aliphatic heterocycles. The number of hydrogen-bond donors (Lipinski definition) is 0. The van der Waals surface area contributed by atoms with Crippen molar-refractivity contribution in [2.45, 2.75) is 0 Å². The van der Waals surface area contributed by atoms with E-state index in [1.807, 2.05) is 24.3 Å². The maximum atomic E-state index is 12.7. The zero-order chi connectivity index (χ0) is 14.1. The van der Waals surface area contributed by atoms with Gasteiger partial charge in [0.15, 0.2) is 11.6 Å². The Morgan fingerprint density at radius 2 is 1.05 bits per heavy atom. The van der Waals surface area contributed by atoms with Crippen LogP contribution >= 0.6 is 0 Å². The molecule has 3 heteroatoms. The van der Waals surface area contributed by atoms with Gasteiger partial charge in [-0.1, -0.05) is 48.5 Å². The smallest absolute Gasteiger partial charge is 0.198 e. The number of hydrogen-bond acceptors (Lipinski definition) is 3. The SMILES string of the molecule is O=C1c2ccccc2C(=O)c2c1c1oc2c2ccccc12. The van der Waals surface area contributed by atoms with Crippen molar-refractivity contribution in [2.24, 2.45) is 0 Å². The molecule has 0 fully saturated rings. The Morgan fingerprint density at radius 3 is 1.52 bits per heavy atom. The summed E-state index contributed by atoms with van der Waals surface area (Å²) in [5.74, 6) is -0.251. The predicted octanol–water partition coefficient (Wildman–Crippen LogP) is 3.80. The van der Waals surface area contributed by atoms with E-state index < -0.39 is 0 Å². The van der Waals surface area contributed by atoms with E-state index >= 15 is 0 Å². The number of carbonyl (C=O) groups excluding carboxylic acids is 2. The Kier molecular flexibility index (Phi) is 1.74. The second-order valence-electron chi connectivity index (χ2n) is 5.26. The highest BCUT2D eigenvalue weighted by Gasteiger charge is 2.37. The summed E-state index contributed by atoms with van der Waals surface area (Å²) in [7, 11) is 0. The molecular weight excluding hydrogens is 264 g/mol. The Labute approximate surface area is 119 Å². The van der Waals surface area contributed by atoms with Gasteiger partial charge in [-0.05, 0) is 0 Å². The van der Waals surface area contributed by atoms with Crippen LogP contribution in [0.4, 0.5) is 0 Å². The first-order valence-electron chi connectivity index (χ1n) is 6.72. The maximum Gasteiger partial charge on any atom is 0.198 e. The molecule has 0 radical (unpaired) electrons. The molecule has 2 aromatic carbocycles. The van der Waals surface area contributed by atoms with Gasteiger partial charge in [0, 0.05) is 21.9 Å². The molecule has 0 N–H and O–H groups in total. The average molecular weight is 272 g/mol. The Balaban J connectivity index is 1.98. The predicted molar refractivity (Wildman–Crippen MR) is 78.2 cm³/mol. The second kappa shape index (κ2) is 3.38. The maximum absolute atomic E-state index is 12.7. The zero-order valence-electron chi connectivity index (χ0n) is 10.8. The molecule has 1 aliphatic carbocycles. The first kappa shape index (κ1) is 10.8. The minimum absolute atomic E-state index is 0.125. The fourth-order valence-electron chi connectivity index (χ4n) is 3.27. The van der Waals surface area contributed by atoms with Crippen molar-refractivity contribution in [1.82, 2.24) is 0 Å². The first-order chi connectivity index (χ1) is 10.3. The van der Waals surface area contributed by atoms with Gasteiger partial charge in [-0.3, -0.25) is 9.59 Å². The van der Waals surface area contributed by atoms with E-state index in [0.717, 1.165) is 10.8 Å². The summed E-state index contributed by atoms with van der Waals surface area (Å²) in [4.78, 5) is 25.4. The summed E-state index contributed by atoms with van der Waals surface area (Å²) >= 11 is 0. The number of rotatable bonds is 0. The molecule has 0 amide bonds. The molecule has 2 aromatic heterocycles. The van der Waals surface area contributed by atoms with Crippen LogP contribution in [0.25, 0.3) is 21.9 Å². The molecule has 2 heterocycles. The van der Waals surface area contributed by atoms with Crippen molar-refractivity contribution >= 4 is 33.5 Å². The normalized spacial score (nSPS) is 13.9. The number of furan rings is 2. The number of fused-ring (bicyclic) bond motifs is 9. The number of benzene rings is 3. The highest BCUT2D eigenvalue weighted by molar-refractivity contribution is 6.37. The third-order valence-electron chi connectivity index (χ3n) is 4.20. The summed E-state index contributed by atoms with van der Waals surface area (Å²) in [6.45, 7) is 0. The lowest BCUT2D eigenvalue weighted by atomic mass is 9.83. The topological polar surface area (TPSA) is 47.3 Å². The van der Waals surface area contributed by atoms with E-state index in [1.54, 1.807) is 24.3 Å². The van der Waals surface area contributed by atoms with Gasteiger partial charge in [0.2, 0.25) is 0 Å². The van der Waals surface area contributed by atoms with Crippen molar-refractivity contribution in [1.29, 1.82) is 0 Å². The van der Waals surface area contributed by atoms with Crippen LogP contribution in [0.2, 0.25) is 0 Å². The van der Waals surface area contributed by atoms with E-state index in [0.29, 0.717) is 33.4 Å². The molecule has 0 unspecified atom stereocenters. The summed E-state index contributed by atoms with van der Waals surface area (Å²) in [6.07, 6.45) is 0. The van der Waals surface area contributed by atoms with Gasteiger partial charge in [-0.15, -0.1) is 0 Å². The molecule has 1 aliphatic rings. The van der Waals surface area contributed by atoms with E-state index in [9.17, 15) is 9.59 Å². The van der Waals surface area contributed by atoms with Gasteiger partial charge in [0.05, 0.1) is 11.1 Å². The molecule has 3 nitrogen and oxygen atoms in total. The quantitative estimate of drug-likeness (QED) is 0.431. The molecule has 21 heavy (non-hydrogen) atoms. The van der Waals surface area contributed by atoms with Crippen LogP contribution in [0.15, 0.2) is 52.9 Å². The van der Waals surface area contributed by atoms with Crippen LogP contribution in [-0.4, -0.2) is 11.6 Å². The lowest BCUT2D eigenvalue weighted by Gasteiger charge is -2.15. The van der Waals surface area contributed by atoms with E-state index in [2.05, 4.69) is 0 Å². The highest BCUT2D eigenvalue weighted by atomic mass is 16.3. The summed E-state index contributed by atoms with van der Waals surface area (Å²) in [5, 5.41) is 1.79. The molecule has 0 atom stereocenters. The van der Waals surface area contributed by atoms with E-state index in [1.165, 1.54) is 0 Å². The van der Waals surface area contributed by atoms with E-state index in [-0.39, 0.29) is 11.6 Å². The van der Waals surface area contributed by atoms with Gasteiger partial charge in [-0.2, -0.15) is 0 Å². The molecule has 98 valence electrons. The second-order valence-corrected chi connectivity index (χ2v) is 5.26. The zero-order valence-corrected chi connectivity index (χ0v) is 10.8. The minimum Gasteiger partial charge on any atom is -0.454 e. The minimum atomic E-state index is -0.125. The molecule has 0 spiro atoms. The van der Waals surface area contributed by atoms with Crippen LogP contribution in [0.5, 0.6) is 0 Å². The van der Waals surface area contributed by atoms with Crippen molar-refractivity contribution < 1.29 is 14.0 Å². The van der Waals surface area contributed by atoms with Gasteiger partial charge in [-0.25, -0.2) is 0 Å². The fraction of sp³-hybridized carbons (Fsp3) is 0. The van der Waals surface area contributed by atoms with Crippen molar-refractivity contribution in [3.63, 3.8) is 0 Å². The van der Waals surface area contributed by atoms with Crippen LogP contribution in [-0.2, 0) is 0 Å². The summed E-state index contributed by atoms with van der Waals surface area (Å²) in [5.41, 5.74) is 2.83. The first-order valence-corrected chi connectivity index (χ1v) is 6.72. The largest absolute Gasteiger partial charge is 0.454 e. The average Bonchev–Trinajstić information content (AvgIpc) is 3.10. The molecular formula is C18H8O3. The lowest BCUT2D eigenvalue weighted by Crippen LogP contribution is -2.20. The highest BCUT2D eigenvalue weighted by Crippen LogP contribution is 2.43. The third kappa shape index (κ3) is 1.11. The van der Waals surface area contributed by atoms with Crippen molar-refractivity contribution in [3.8, 4) is 0 Å². The Hall–Kier alpha value is -2.94. The van der Waals surface area contributed by atoms with Gasteiger partial charge in [0.25, 0.3) is 0 Å². The molecule has 0 saturated heterocycles. The molecule has 0 saturated carbocycles. The molecule has 2 bridgehead atoms. The van der Waals surface area contributed by atoms with Gasteiger partial charge < -0.3 is 4.42 Å². The van der Waals surface area contributed by atoms with Crippen LogP contribution in [0.1, 0.15) is 31.8 Å². The monoisotopic (exact) mass is 272 g/mol. The Bertz CT molecular complexity index is 985. The number of ketones is 2. The lowest BCUT2D eigenvalue weighted by molar-refractivity contribution is 0.0982. The molecule has 5 rings (SSSR count). The van der Waals surface area contributed by atoms with Crippen LogP contribution in [0.3, 0.4) is 0 Å². The Morgan fingerprint density at radius 1 is 0.619 bits per heavy atom. The summed E-state index contributed by atoms with van der Waals surface area (Å²) < 4.78 is 5.78. The summed E-state index contributed by atoms with van der Waals surface area (Å²) in [6, 6.07) is 14.6. The van der Waals surface area contributed by atoms with Gasteiger partial charge in [0.1, 0.15) is 11.2 Å². The van der Waals surface area contributed by atoms with Crippen LogP contribution < -0.4 is 0 Å². The number of carbonyl (C=O) groups is 2. The van der Waals surface area contributed by atoms with Crippen molar-refractivity contribution in [3.05, 3.63) is 70.8 Å². The van der Waals surface area contributed by atoms with Crippen LogP contribution in [0, 0.1) is 0 Å². The van der Waals surface area contributed by atoms with E-state index in [4.69, 9.17) is 4.42 Å². The fourth-order valence-corrected chi connectivity index (χ4v) is 3.27. The standard InChI is InChI=1S/C18H8O3/c19-15-9-5-1-2-6-10(9)16(20)14-13(15)17-11-7-3-4-8-12(11)18(14)21-17/h1-8H. The third-order valence-corrected chi connectivity index (χ3v) is 4.20. The van der Waals surface area contributed by atoms with Crippen molar-refractivity contribution in [2.75, 3.05) is 0 Å². The molecule has 4 aromatic rings. The van der Waals surface area contributed by atoms with Gasteiger partial charge >= 0.3 is 0 Å².